The number of ether oxygens (including phenoxy) is 2. The quantitative estimate of drug-likeness (QED) is 0.720. The Bertz CT molecular complexity index is 925. The summed E-state index contributed by atoms with van der Waals surface area (Å²) >= 11 is 0. The first-order valence-corrected chi connectivity index (χ1v) is 9.29. The summed E-state index contributed by atoms with van der Waals surface area (Å²) in [5, 5.41) is 0. The average Bonchev–Trinajstić information content (AvgIpc) is 2.75. The lowest BCUT2D eigenvalue weighted by Gasteiger charge is -2.35. The minimum atomic E-state index is -0.738. The van der Waals surface area contributed by atoms with Crippen LogP contribution in [0.25, 0.3) is 0 Å². The molecule has 0 unspecified atom stereocenters. The fourth-order valence-electron chi connectivity index (χ4n) is 3.34. The van der Waals surface area contributed by atoms with Crippen molar-refractivity contribution in [1.29, 1.82) is 0 Å². The number of anilines is 1. The van der Waals surface area contributed by atoms with E-state index >= 15 is 0 Å². The zero-order chi connectivity index (χ0) is 21.0. The third-order valence-corrected chi connectivity index (χ3v) is 4.97. The number of esters is 2. The van der Waals surface area contributed by atoms with Crippen LogP contribution in [0.4, 0.5) is 5.69 Å². The molecule has 0 radical (unpaired) electrons. The second kappa shape index (κ2) is 8.77. The van der Waals surface area contributed by atoms with Crippen LogP contribution in [0.5, 0.6) is 0 Å². The number of fused-ring (bicyclic) bond motifs is 1. The van der Waals surface area contributed by atoms with E-state index in [1.807, 2.05) is 49.3 Å². The molecule has 0 fully saturated rings. The molecule has 3 rings (SSSR count). The van der Waals surface area contributed by atoms with Crippen LogP contribution in [0.3, 0.4) is 0 Å². The lowest BCUT2D eigenvalue weighted by molar-refractivity contribution is -0.155. The molecule has 0 saturated heterocycles. The molecule has 0 aromatic heterocycles. The highest BCUT2D eigenvalue weighted by molar-refractivity contribution is 5.93. The zero-order valence-electron chi connectivity index (χ0n) is 16.8. The summed E-state index contributed by atoms with van der Waals surface area (Å²) in [5.74, 6) is -1.51. The van der Waals surface area contributed by atoms with Crippen LogP contribution in [0.1, 0.15) is 21.5 Å². The van der Waals surface area contributed by atoms with Gasteiger partial charge in [0.1, 0.15) is 6.04 Å². The fourth-order valence-corrected chi connectivity index (χ4v) is 3.34. The predicted molar refractivity (Wildman–Crippen MR) is 108 cm³/mol. The van der Waals surface area contributed by atoms with Crippen molar-refractivity contribution in [2.24, 2.45) is 0 Å². The van der Waals surface area contributed by atoms with Crippen LogP contribution in [0.2, 0.25) is 0 Å². The molecule has 1 aliphatic heterocycles. The molecule has 0 N–H and O–H groups in total. The topological polar surface area (TPSA) is 76.1 Å². The Kier molecular flexibility index (Phi) is 6.16. The number of carbonyl (C=O) groups excluding carboxylic acids is 3. The van der Waals surface area contributed by atoms with Crippen molar-refractivity contribution in [3.8, 4) is 0 Å². The van der Waals surface area contributed by atoms with E-state index in [0.29, 0.717) is 12.0 Å². The van der Waals surface area contributed by atoms with Gasteiger partial charge >= 0.3 is 11.9 Å². The van der Waals surface area contributed by atoms with Gasteiger partial charge in [-0.3, -0.25) is 4.79 Å². The normalized spacial score (nSPS) is 15.3. The Morgan fingerprint density at radius 1 is 1.07 bits per heavy atom. The molecule has 1 atom stereocenters. The van der Waals surface area contributed by atoms with Gasteiger partial charge in [0, 0.05) is 32.7 Å². The van der Waals surface area contributed by atoms with E-state index in [9.17, 15) is 14.4 Å². The molecule has 7 heteroatoms. The van der Waals surface area contributed by atoms with Crippen molar-refractivity contribution in [3.63, 3.8) is 0 Å². The molecular weight excluding hydrogens is 372 g/mol. The van der Waals surface area contributed by atoms with Gasteiger partial charge in [0.25, 0.3) is 5.91 Å². The smallest absolute Gasteiger partial charge is 0.338 e. The van der Waals surface area contributed by atoms with Gasteiger partial charge in [0.2, 0.25) is 0 Å². The number of methoxy groups -OCH3 is 1. The molecular formula is C22H24N2O5. The van der Waals surface area contributed by atoms with Crippen molar-refractivity contribution in [3.05, 3.63) is 65.2 Å². The van der Waals surface area contributed by atoms with E-state index in [2.05, 4.69) is 0 Å². The van der Waals surface area contributed by atoms with E-state index in [4.69, 9.17) is 9.47 Å². The first-order chi connectivity index (χ1) is 13.9. The van der Waals surface area contributed by atoms with Gasteiger partial charge in [-0.15, -0.1) is 0 Å². The predicted octanol–water partition coefficient (Wildman–Crippen LogP) is 2.04. The Balaban J connectivity index is 1.71. The summed E-state index contributed by atoms with van der Waals surface area (Å²) in [7, 11) is 5.04. The van der Waals surface area contributed by atoms with Crippen LogP contribution < -0.4 is 4.90 Å². The Morgan fingerprint density at radius 2 is 1.79 bits per heavy atom. The van der Waals surface area contributed by atoms with Crippen LogP contribution in [-0.4, -0.2) is 56.6 Å². The van der Waals surface area contributed by atoms with Crippen molar-refractivity contribution < 1.29 is 23.9 Å². The maximum Gasteiger partial charge on any atom is 0.338 e. The number of rotatable bonds is 5. The minimum Gasteiger partial charge on any atom is -0.467 e. The molecule has 0 bridgehead atoms. The van der Waals surface area contributed by atoms with Gasteiger partial charge in [-0.05, 0) is 29.3 Å². The van der Waals surface area contributed by atoms with Gasteiger partial charge in [0.05, 0.1) is 12.7 Å². The molecule has 0 spiro atoms. The van der Waals surface area contributed by atoms with Crippen LogP contribution >= 0.6 is 0 Å². The molecule has 7 nitrogen and oxygen atoms in total. The second-order valence-electron chi connectivity index (χ2n) is 7.05. The zero-order valence-corrected chi connectivity index (χ0v) is 16.8. The number of hydrogen-bond acceptors (Lipinski definition) is 6. The molecule has 2 aromatic rings. The van der Waals surface area contributed by atoms with Crippen molar-refractivity contribution >= 4 is 23.5 Å². The summed E-state index contributed by atoms with van der Waals surface area (Å²) < 4.78 is 10.1. The highest BCUT2D eigenvalue weighted by Crippen LogP contribution is 2.24. The van der Waals surface area contributed by atoms with E-state index in [-0.39, 0.29) is 6.54 Å². The van der Waals surface area contributed by atoms with E-state index in [1.54, 1.807) is 18.2 Å². The number of carbonyl (C=O) groups is 3. The van der Waals surface area contributed by atoms with Crippen LogP contribution in [0.15, 0.2) is 48.5 Å². The van der Waals surface area contributed by atoms with E-state index < -0.39 is 30.5 Å². The maximum atomic E-state index is 12.8. The molecule has 1 amide bonds. The molecule has 0 aliphatic carbocycles. The summed E-state index contributed by atoms with van der Waals surface area (Å²) in [6.07, 6.45) is 0.368. The monoisotopic (exact) mass is 396 g/mol. The lowest BCUT2D eigenvalue weighted by atomic mass is 9.94. The van der Waals surface area contributed by atoms with Gasteiger partial charge in [-0.2, -0.15) is 0 Å². The molecule has 152 valence electrons. The Morgan fingerprint density at radius 3 is 2.48 bits per heavy atom. The number of hydrogen-bond donors (Lipinski definition) is 0. The highest BCUT2D eigenvalue weighted by Gasteiger charge is 2.35. The SMILES string of the molecule is COC(=O)[C@H]1Cc2ccccc2CN1C(=O)COC(=O)c1cccc(N(C)C)c1. The summed E-state index contributed by atoms with van der Waals surface area (Å²) in [6, 6.07) is 13.9. The Labute approximate surface area is 169 Å². The third-order valence-electron chi connectivity index (χ3n) is 4.97. The molecule has 1 heterocycles. The number of amides is 1. The Hall–Kier alpha value is -3.35. The largest absolute Gasteiger partial charge is 0.467 e. The van der Waals surface area contributed by atoms with Crippen LogP contribution in [-0.2, 0) is 32.0 Å². The fraction of sp³-hybridized carbons (Fsp3) is 0.318. The standard InChI is InChI=1S/C22H24N2O5/c1-23(2)18-10-6-9-16(11-18)21(26)29-14-20(25)24-13-17-8-5-4-7-15(17)12-19(24)22(27)28-3/h4-11,19H,12-14H2,1-3H3/t19-/m1/s1. The second-order valence-corrected chi connectivity index (χ2v) is 7.05. The van der Waals surface area contributed by atoms with Crippen molar-refractivity contribution in [2.75, 3.05) is 32.7 Å². The average molecular weight is 396 g/mol. The summed E-state index contributed by atoms with van der Waals surface area (Å²) in [6.45, 7) is -0.177. The van der Waals surface area contributed by atoms with E-state index in [1.165, 1.54) is 12.0 Å². The van der Waals surface area contributed by atoms with Crippen molar-refractivity contribution in [1.82, 2.24) is 4.90 Å². The van der Waals surface area contributed by atoms with Gasteiger partial charge < -0.3 is 19.3 Å². The van der Waals surface area contributed by atoms with Gasteiger partial charge in [0.15, 0.2) is 6.61 Å². The molecule has 0 saturated carbocycles. The highest BCUT2D eigenvalue weighted by atomic mass is 16.5. The minimum absolute atomic E-state index is 0.266. The van der Waals surface area contributed by atoms with Gasteiger partial charge in [-0.1, -0.05) is 30.3 Å². The third kappa shape index (κ3) is 4.56. The van der Waals surface area contributed by atoms with Crippen molar-refractivity contribution in [2.45, 2.75) is 19.0 Å². The molecule has 29 heavy (non-hydrogen) atoms. The van der Waals surface area contributed by atoms with Crippen LogP contribution in [0, 0.1) is 0 Å². The first kappa shape index (κ1) is 20.4. The summed E-state index contributed by atoms with van der Waals surface area (Å²) in [5.41, 5.74) is 3.18. The number of benzene rings is 2. The van der Waals surface area contributed by atoms with Gasteiger partial charge in [-0.25, -0.2) is 9.59 Å². The molecule has 2 aromatic carbocycles. The maximum absolute atomic E-state index is 12.8. The van der Waals surface area contributed by atoms with E-state index in [0.717, 1.165) is 16.8 Å². The lowest BCUT2D eigenvalue weighted by Crippen LogP contribution is -2.50. The number of nitrogens with zero attached hydrogens (tertiary/aromatic N) is 2. The molecule has 1 aliphatic rings. The first-order valence-electron chi connectivity index (χ1n) is 9.29. The summed E-state index contributed by atoms with van der Waals surface area (Å²) in [4.78, 5) is 40.7.